The quantitative estimate of drug-likeness (QED) is 0.840. The second-order valence-corrected chi connectivity index (χ2v) is 5.29. The molecular weight excluding hydrogens is 288 g/mol. The van der Waals surface area contributed by atoms with E-state index < -0.39 is 23.8 Å². The first-order valence-electron chi connectivity index (χ1n) is 6.70. The summed E-state index contributed by atoms with van der Waals surface area (Å²) < 4.78 is 51.0. The topological polar surface area (TPSA) is 55.1 Å². The number of nitrogens with one attached hydrogen (secondary N) is 1. The van der Waals surface area contributed by atoms with E-state index in [1.807, 2.05) is 0 Å². The molecule has 0 bridgehead atoms. The first-order valence-corrected chi connectivity index (χ1v) is 6.70. The SMILES string of the molecule is NC(=O)c1cc(NC2CCC(C(F)(F)F)CC2)ccc1F. The van der Waals surface area contributed by atoms with E-state index in [-0.39, 0.29) is 24.4 Å². The van der Waals surface area contributed by atoms with Gasteiger partial charge in [-0.2, -0.15) is 13.2 Å². The Kier molecular flexibility index (Phi) is 4.39. The van der Waals surface area contributed by atoms with Gasteiger partial charge in [0, 0.05) is 11.7 Å². The molecule has 0 heterocycles. The fraction of sp³-hybridized carbons (Fsp3) is 0.500. The van der Waals surface area contributed by atoms with Gasteiger partial charge in [-0.25, -0.2) is 4.39 Å². The van der Waals surface area contributed by atoms with Gasteiger partial charge >= 0.3 is 6.18 Å². The van der Waals surface area contributed by atoms with Crippen molar-refractivity contribution in [2.75, 3.05) is 5.32 Å². The van der Waals surface area contributed by atoms with Crippen molar-refractivity contribution in [3.8, 4) is 0 Å². The molecule has 116 valence electrons. The minimum absolute atomic E-state index is 0.0744. The van der Waals surface area contributed by atoms with Crippen molar-refractivity contribution in [1.82, 2.24) is 0 Å². The van der Waals surface area contributed by atoms with E-state index in [0.717, 1.165) is 6.07 Å². The van der Waals surface area contributed by atoms with Gasteiger partial charge in [0.1, 0.15) is 5.82 Å². The number of carbonyl (C=O) groups excluding carboxylic acids is 1. The molecule has 1 fully saturated rings. The van der Waals surface area contributed by atoms with Gasteiger partial charge < -0.3 is 11.1 Å². The fourth-order valence-corrected chi connectivity index (χ4v) is 2.60. The second-order valence-electron chi connectivity index (χ2n) is 5.29. The number of amides is 1. The van der Waals surface area contributed by atoms with Gasteiger partial charge in [-0.1, -0.05) is 0 Å². The lowest BCUT2D eigenvalue weighted by Crippen LogP contribution is -2.32. The fourth-order valence-electron chi connectivity index (χ4n) is 2.60. The number of hydrogen-bond donors (Lipinski definition) is 2. The smallest absolute Gasteiger partial charge is 0.382 e. The zero-order chi connectivity index (χ0) is 15.6. The maximum absolute atomic E-state index is 13.3. The molecule has 1 aromatic carbocycles. The Balaban J connectivity index is 1.98. The molecule has 1 aliphatic rings. The summed E-state index contributed by atoms with van der Waals surface area (Å²) in [4.78, 5) is 11.0. The molecule has 0 spiro atoms. The third-order valence-electron chi connectivity index (χ3n) is 3.79. The number of carbonyl (C=O) groups is 1. The average molecular weight is 304 g/mol. The highest BCUT2D eigenvalue weighted by Crippen LogP contribution is 2.38. The van der Waals surface area contributed by atoms with Crippen LogP contribution in [0.4, 0.5) is 23.2 Å². The molecule has 3 N–H and O–H groups in total. The number of rotatable bonds is 3. The van der Waals surface area contributed by atoms with Crippen molar-refractivity contribution in [2.45, 2.75) is 37.9 Å². The second kappa shape index (κ2) is 5.91. The predicted octanol–water partition coefficient (Wildman–Crippen LogP) is 3.46. The van der Waals surface area contributed by atoms with Gasteiger partial charge in [-0.15, -0.1) is 0 Å². The monoisotopic (exact) mass is 304 g/mol. The Labute approximate surface area is 119 Å². The van der Waals surface area contributed by atoms with Gasteiger partial charge in [0.05, 0.1) is 11.5 Å². The van der Waals surface area contributed by atoms with E-state index >= 15 is 0 Å². The van der Waals surface area contributed by atoms with Crippen LogP contribution in [0.2, 0.25) is 0 Å². The van der Waals surface area contributed by atoms with Crippen LogP contribution in [0, 0.1) is 11.7 Å². The van der Waals surface area contributed by atoms with Crippen LogP contribution < -0.4 is 11.1 Å². The Hall–Kier alpha value is -1.79. The molecule has 3 nitrogen and oxygen atoms in total. The van der Waals surface area contributed by atoms with Crippen molar-refractivity contribution in [3.63, 3.8) is 0 Å². The summed E-state index contributed by atoms with van der Waals surface area (Å²) in [5.74, 6) is -2.84. The van der Waals surface area contributed by atoms with Gasteiger partial charge in [0.2, 0.25) is 0 Å². The number of nitrogens with two attached hydrogens (primary N) is 1. The van der Waals surface area contributed by atoms with Crippen LogP contribution in [0.3, 0.4) is 0 Å². The zero-order valence-electron chi connectivity index (χ0n) is 11.2. The Morgan fingerprint density at radius 2 is 1.81 bits per heavy atom. The van der Waals surface area contributed by atoms with Crippen molar-refractivity contribution < 1.29 is 22.4 Å². The molecule has 0 atom stereocenters. The molecular formula is C14H16F4N2O. The highest BCUT2D eigenvalue weighted by Gasteiger charge is 2.41. The lowest BCUT2D eigenvalue weighted by molar-refractivity contribution is -0.182. The summed E-state index contributed by atoms with van der Waals surface area (Å²) in [6.45, 7) is 0. The predicted molar refractivity (Wildman–Crippen MR) is 70.3 cm³/mol. The molecule has 0 unspecified atom stereocenters. The van der Waals surface area contributed by atoms with Gasteiger partial charge in [-0.05, 0) is 43.9 Å². The zero-order valence-corrected chi connectivity index (χ0v) is 11.2. The van der Waals surface area contributed by atoms with Crippen molar-refractivity contribution in [3.05, 3.63) is 29.6 Å². The van der Waals surface area contributed by atoms with Gasteiger partial charge in [-0.3, -0.25) is 4.79 Å². The Morgan fingerprint density at radius 3 is 2.33 bits per heavy atom. The maximum Gasteiger partial charge on any atom is 0.391 e. The van der Waals surface area contributed by atoms with E-state index in [2.05, 4.69) is 5.32 Å². The highest BCUT2D eigenvalue weighted by atomic mass is 19.4. The molecule has 7 heteroatoms. The lowest BCUT2D eigenvalue weighted by Gasteiger charge is -2.30. The molecule has 0 aromatic heterocycles. The molecule has 21 heavy (non-hydrogen) atoms. The van der Waals surface area contributed by atoms with Crippen LogP contribution >= 0.6 is 0 Å². The number of hydrogen-bond acceptors (Lipinski definition) is 2. The molecule has 1 saturated carbocycles. The van der Waals surface area contributed by atoms with E-state index in [4.69, 9.17) is 5.73 Å². The average Bonchev–Trinajstić information content (AvgIpc) is 2.40. The molecule has 1 aromatic rings. The molecule has 0 saturated heterocycles. The van der Waals surface area contributed by atoms with Crippen LogP contribution in [0.5, 0.6) is 0 Å². The number of anilines is 1. The normalized spacial score (nSPS) is 22.9. The number of alkyl halides is 3. The summed E-state index contributed by atoms with van der Waals surface area (Å²) >= 11 is 0. The third-order valence-corrected chi connectivity index (χ3v) is 3.79. The minimum Gasteiger partial charge on any atom is -0.382 e. The standard InChI is InChI=1S/C14H16F4N2O/c15-12-6-5-10(7-11(12)13(19)21)20-9-3-1-8(2-4-9)14(16,17)18/h5-9,20H,1-4H2,(H2,19,21). The maximum atomic E-state index is 13.3. The summed E-state index contributed by atoms with van der Waals surface area (Å²) in [7, 11) is 0. The minimum atomic E-state index is -4.14. The molecule has 0 radical (unpaired) electrons. The summed E-state index contributed by atoms with van der Waals surface area (Å²) in [6, 6.07) is 3.73. The first-order chi connectivity index (χ1) is 9.77. The van der Waals surface area contributed by atoms with Crippen LogP contribution in [-0.2, 0) is 0 Å². The largest absolute Gasteiger partial charge is 0.391 e. The van der Waals surface area contributed by atoms with Crippen LogP contribution in [0.1, 0.15) is 36.0 Å². The van der Waals surface area contributed by atoms with Gasteiger partial charge in [0.25, 0.3) is 5.91 Å². The molecule has 2 rings (SSSR count). The van der Waals surface area contributed by atoms with E-state index in [9.17, 15) is 22.4 Å². The van der Waals surface area contributed by atoms with E-state index in [1.165, 1.54) is 12.1 Å². The van der Waals surface area contributed by atoms with Crippen molar-refractivity contribution in [2.24, 2.45) is 11.7 Å². The summed E-state index contributed by atoms with van der Waals surface area (Å²) in [5, 5.41) is 3.03. The third kappa shape index (κ3) is 3.86. The van der Waals surface area contributed by atoms with Crippen molar-refractivity contribution in [1.29, 1.82) is 0 Å². The van der Waals surface area contributed by atoms with Crippen LogP contribution in [0.15, 0.2) is 18.2 Å². The van der Waals surface area contributed by atoms with Crippen LogP contribution in [-0.4, -0.2) is 18.1 Å². The molecule has 1 aliphatic carbocycles. The summed E-state index contributed by atoms with van der Waals surface area (Å²) in [6.07, 6.45) is -3.23. The number of primary amides is 1. The number of benzene rings is 1. The van der Waals surface area contributed by atoms with Crippen LogP contribution in [0.25, 0.3) is 0 Å². The van der Waals surface area contributed by atoms with Gasteiger partial charge in [0.15, 0.2) is 0 Å². The first kappa shape index (κ1) is 15.6. The molecule has 1 amide bonds. The lowest BCUT2D eigenvalue weighted by atomic mass is 9.85. The summed E-state index contributed by atoms with van der Waals surface area (Å²) in [5.41, 5.74) is 5.31. The molecule has 0 aliphatic heterocycles. The number of halogens is 4. The Bertz CT molecular complexity index is 522. The van der Waals surface area contributed by atoms with E-state index in [1.54, 1.807) is 0 Å². The van der Waals surface area contributed by atoms with E-state index in [0.29, 0.717) is 18.5 Å². The Morgan fingerprint density at radius 1 is 1.19 bits per heavy atom. The van der Waals surface area contributed by atoms with Crippen molar-refractivity contribution >= 4 is 11.6 Å². The highest BCUT2D eigenvalue weighted by molar-refractivity contribution is 5.94.